The first-order valence-electron chi connectivity index (χ1n) is 8.90. The number of nitrogens with zero attached hydrogens (tertiary/aromatic N) is 3. The molecule has 0 saturated carbocycles. The maximum atomic E-state index is 12.6. The molecular formula is C22H19N3O3. The Morgan fingerprint density at radius 2 is 1.93 bits per heavy atom. The number of pyridine rings is 1. The molecule has 0 aliphatic rings. The first-order valence-corrected chi connectivity index (χ1v) is 8.90. The van der Waals surface area contributed by atoms with Gasteiger partial charge in [0.1, 0.15) is 0 Å². The monoisotopic (exact) mass is 373 g/mol. The number of ether oxygens (including phenoxy) is 1. The van der Waals surface area contributed by atoms with E-state index >= 15 is 0 Å². The summed E-state index contributed by atoms with van der Waals surface area (Å²) in [7, 11) is 0. The molecule has 0 aliphatic carbocycles. The van der Waals surface area contributed by atoms with Crippen LogP contribution >= 0.6 is 0 Å². The van der Waals surface area contributed by atoms with Gasteiger partial charge in [-0.25, -0.2) is 9.78 Å². The fraction of sp³-hybridized carbons (Fsp3) is 0.136. The molecule has 4 aromatic rings. The summed E-state index contributed by atoms with van der Waals surface area (Å²) in [5.74, 6) is 0.581. The number of hydrogen-bond acceptors (Lipinski definition) is 5. The second-order valence-corrected chi connectivity index (χ2v) is 6.39. The molecule has 1 aromatic carbocycles. The molecule has 0 bridgehead atoms. The van der Waals surface area contributed by atoms with Crippen LogP contribution in [0.5, 0.6) is 0 Å². The molecule has 6 heteroatoms. The highest BCUT2D eigenvalue weighted by Gasteiger charge is 2.19. The van der Waals surface area contributed by atoms with Gasteiger partial charge in [0.15, 0.2) is 12.4 Å². The van der Waals surface area contributed by atoms with Gasteiger partial charge in [-0.1, -0.05) is 30.3 Å². The van der Waals surface area contributed by atoms with Gasteiger partial charge < -0.3 is 13.7 Å². The van der Waals surface area contributed by atoms with Gasteiger partial charge in [0.25, 0.3) is 0 Å². The molecule has 0 radical (unpaired) electrons. The van der Waals surface area contributed by atoms with Crippen molar-refractivity contribution in [1.29, 1.82) is 0 Å². The lowest BCUT2D eigenvalue weighted by Gasteiger charge is -2.09. The standard InChI is InChI=1S/C22H19N3O3/c1-15-11-19(16(2)25(15)18-9-6-10-23-12-18)22(26)27-14-21-24-13-20(28-21)17-7-4-3-5-8-17/h3-13H,14H2,1-2H3. The van der Waals surface area contributed by atoms with E-state index in [4.69, 9.17) is 9.15 Å². The normalized spacial score (nSPS) is 10.8. The number of benzene rings is 1. The Morgan fingerprint density at radius 3 is 2.68 bits per heavy atom. The Kier molecular flexibility index (Phi) is 4.76. The number of carbonyl (C=O) groups excluding carboxylic acids is 1. The zero-order valence-corrected chi connectivity index (χ0v) is 15.6. The van der Waals surface area contributed by atoms with Crippen molar-refractivity contribution < 1.29 is 13.9 Å². The first kappa shape index (κ1) is 17.7. The van der Waals surface area contributed by atoms with E-state index in [-0.39, 0.29) is 6.61 Å². The Bertz CT molecular complexity index is 1100. The van der Waals surface area contributed by atoms with Crippen molar-refractivity contribution in [3.05, 3.63) is 90.0 Å². The van der Waals surface area contributed by atoms with E-state index in [2.05, 4.69) is 9.97 Å². The summed E-state index contributed by atoms with van der Waals surface area (Å²) in [6.07, 6.45) is 5.10. The molecule has 3 aromatic heterocycles. The fourth-order valence-electron chi connectivity index (χ4n) is 3.17. The van der Waals surface area contributed by atoms with Gasteiger partial charge in [-0.05, 0) is 32.0 Å². The van der Waals surface area contributed by atoms with Gasteiger partial charge in [0, 0.05) is 23.1 Å². The van der Waals surface area contributed by atoms with Crippen LogP contribution < -0.4 is 0 Å². The smallest absolute Gasteiger partial charge is 0.340 e. The number of carbonyl (C=O) groups is 1. The minimum Gasteiger partial charge on any atom is -0.452 e. The second kappa shape index (κ2) is 7.52. The Hall–Kier alpha value is -3.67. The number of oxazole rings is 1. The fourth-order valence-corrected chi connectivity index (χ4v) is 3.17. The summed E-state index contributed by atoms with van der Waals surface area (Å²) in [5, 5.41) is 0. The molecule has 0 unspecified atom stereocenters. The van der Waals surface area contributed by atoms with E-state index < -0.39 is 5.97 Å². The lowest BCUT2D eigenvalue weighted by molar-refractivity contribution is 0.0438. The van der Waals surface area contributed by atoms with Gasteiger partial charge in [0.05, 0.1) is 23.6 Å². The van der Waals surface area contributed by atoms with Crippen LogP contribution in [0.4, 0.5) is 0 Å². The lowest BCUT2D eigenvalue weighted by atomic mass is 10.2. The highest BCUT2D eigenvalue weighted by Crippen LogP contribution is 2.23. The topological polar surface area (TPSA) is 70.2 Å². The van der Waals surface area contributed by atoms with Crippen LogP contribution in [0.3, 0.4) is 0 Å². The van der Waals surface area contributed by atoms with Crippen molar-refractivity contribution in [3.8, 4) is 17.0 Å². The Morgan fingerprint density at radius 1 is 1.11 bits per heavy atom. The molecule has 0 N–H and O–H groups in total. The van der Waals surface area contributed by atoms with E-state index in [1.165, 1.54) is 0 Å². The van der Waals surface area contributed by atoms with E-state index in [1.807, 2.05) is 66.9 Å². The highest BCUT2D eigenvalue weighted by atomic mass is 16.5. The lowest BCUT2D eigenvalue weighted by Crippen LogP contribution is -2.07. The van der Waals surface area contributed by atoms with Gasteiger partial charge >= 0.3 is 5.97 Å². The first-order chi connectivity index (χ1) is 13.6. The van der Waals surface area contributed by atoms with Gasteiger partial charge in [-0.2, -0.15) is 0 Å². The van der Waals surface area contributed by atoms with Crippen LogP contribution in [0.25, 0.3) is 17.0 Å². The quantitative estimate of drug-likeness (QED) is 0.482. The molecule has 140 valence electrons. The molecular weight excluding hydrogens is 354 g/mol. The van der Waals surface area contributed by atoms with Crippen molar-refractivity contribution in [2.75, 3.05) is 0 Å². The molecule has 6 nitrogen and oxygen atoms in total. The molecule has 3 heterocycles. The average molecular weight is 373 g/mol. The van der Waals surface area contributed by atoms with Crippen LogP contribution in [-0.2, 0) is 11.3 Å². The number of aryl methyl sites for hydroxylation is 1. The summed E-state index contributed by atoms with van der Waals surface area (Å²) in [6, 6.07) is 15.3. The molecule has 4 rings (SSSR count). The predicted octanol–water partition coefficient (Wildman–Crippen LogP) is 4.50. The molecule has 28 heavy (non-hydrogen) atoms. The maximum absolute atomic E-state index is 12.6. The van der Waals surface area contributed by atoms with Crippen molar-refractivity contribution in [1.82, 2.24) is 14.5 Å². The van der Waals surface area contributed by atoms with Crippen LogP contribution in [0.1, 0.15) is 27.6 Å². The van der Waals surface area contributed by atoms with Crippen LogP contribution in [-0.4, -0.2) is 20.5 Å². The third-order valence-electron chi connectivity index (χ3n) is 4.49. The molecule has 0 spiro atoms. The molecule has 0 saturated heterocycles. The van der Waals surface area contributed by atoms with E-state index in [0.717, 1.165) is 22.6 Å². The summed E-state index contributed by atoms with van der Waals surface area (Å²) < 4.78 is 13.1. The third-order valence-corrected chi connectivity index (χ3v) is 4.49. The number of hydrogen-bond donors (Lipinski definition) is 0. The molecule has 0 atom stereocenters. The van der Waals surface area contributed by atoms with Gasteiger partial charge in [-0.15, -0.1) is 0 Å². The summed E-state index contributed by atoms with van der Waals surface area (Å²) in [5.41, 5.74) is 4.06. The number of esters is 1. The van der Waals surface area contributed by atoms with Crippen molar-refractivity contribution in [2.24, 2.45) is 0 Å². The van der Waals surface area contributed by atoms with Crippen molar-refractivity contribution in [3.63, 3.8) is 0 Å². The largest absolute Gasteiger partial charge is 0.452 e. The molecule has 0 fully saturated rings. The van der Waals surface area contributed by atoms with E-state index in [1.54, 1.807) is 18.6 Å². The number of rotatable bonds is 5. The SMILES string of the molecule is Cc1cc(C(=O)OCc2ncc(-c3ccccc3)o2)c(C)n1-c1cccnc1. The zero-order chi connectivity index (χ0) is 19.5. The van der Waals surface area contributed by atoms with Crippen LogP contribution in [0, 0.1) is 13.8 Å². The highest BCUT2D eigenvalue weighted by molar-refractivity contribution is 5.91. The Balaban J connectivity index is 1.49. The number of aromatic nitrogens is 3. The van der Waals surface area contributed by atoms with Gasteiger partial charge in [-0.3, -0.25) is 4.98 Å². The van der Waals surface area contributed by atoms with Crippen LogP contribution in [0.15, 0.2) is 71.5 Å². The van der Waals surface area contributed by atoms with Crippen molar-refractivity contribution in [2.45, 2.75) is 20.5 Å². The Labute approximate surface area is 162 Å². The van der Waals surface area contributed by atoms with Gasteiger partial charge in [0.2, 0.25) is 5.89 Å². The summed E-state index contributed by atoms with van der Waals surface area (Å²) >= 11 is 0. The maximum Gasteiger partial charge on any atom is 0.340 e. The summed E-state index contributed by atoms with van der Waals surface area (Å²) in [4.78, 5) is 20.9. The van der Waals surface area contributed by atoms with E-state index in [0.29, 0.717) is 17.2 Å². The molecule has 0 aliphatic heterocycles. The zero-order valence-electron chi connectivity index (χ0n) is 15.6. The minimum absolute atomic E-state index is 0.0256. The van der Waals surface area contributed by atoms with E-state index in [9.17, 15) is 4.79 Å². The minimum atomic E-state index is -0.414. The van der Waals surface area contributed by atoms with Crippen LogP contribution in [0.2, 0.25) is 0 Å². The van der Waals surface area contributed by atoms with Crippen molar-refractivity contribution >= 4 is 5.97 Å². The second-order valence-electron chi connectivity index (χ2n) is 6.39. The summed E-state index contributed by atoms with van der Waals surface area (Å²) in [6.45, 7) is 3.80. The predicted molar refractivity (Wildman–Crippen MR) is 104 cm³/mol. The average Bonchev–Trinajstić information content (AvgIpc) is 3.32. The third kappa shape index (κ3) is 3.44. The molecule has 0 amide bonds.